The molecule has 1 aliphatic rings. The maximum atomic E-state index is 12.6. The molecule has 0 saturated carbocycles. The maximum absolute atomic E-state index is 12.6. The van der Waals surface area contributed by atoms with Crippen molar-refractivity contribution in [3.05, 3.63) is 59.7 Å². The number of likely N-dealkylation sites (tertiary alicyclic amines) is 1. The summed E-state index contributed by atoms with van der Waals surface area (Å²) in [4.78, 5) is 15.0. The van der Waals surface area contributed by atoms with Crippen molar-refractivity contribution in [1.29, 1.82) is 0 Å². The molecule has 5 nitrogen and oxygen atoms in total. The predicted molar refractivity (Wildman–Crippen MR) is 102 cm³/mol. The quantitative estimate of drug-likeness (QED) is 0.744. The molecule has 3 rings (SSSR count). The Bertz CT molecular complexity index is 780. The molecule has 1 saturated heterocycles. The third-order valence-corrected chi connectivity index (χ3v) is 4.86. The minimum absolute atomic E-state index is 0.0899. The van der Waals surface area contributed by atoms with E-state index >= 15 is 0 Å². The van der Waals surface area contributed by atoms with Gasteiger partial charge in [0, 0.05) is 12.1 Å². The van der Waals surface area contributed by atoms with Crippen LogP contribution in [0.5, 0.6) is 11.5 Å². The van der Waals surface area contributed by atoms with Gasteiger partial charge in [0.25, 0.3) is 5.91 Å². The second kappa shape index (κ2) is 9.50. The number of hydrogen-bond donors (Lipinski definition) is 1. The highest BCUT2D eigenvalue weighted by Gasteiger charge is 2.24. The molecule has 28 heavy (non-hydrogen) atoms. The van der Waals surface area contributed by atoms with Crippen molar-refractivity contribution in [3.63, 3.8) is 0 Å². The number of benzene rings is 2. The topological polar surface area (TPSA) is 50.8 Å². The number of alkyl halides is 2. The minimum atomic E-state index is -2.96. The SMILES string of the molecule is COc1cc(C(=O)NCC(c2ccccc2)N2CCCC2)ccc1OC(F)F. The Labute approximate surface area is 163 Å². The van der Waals surface area contributed by atoms with Crippen LogP contribution in [0.4, 0.5) is 8.78 Å². The molecule has 2 aromatic carbocycles. The first-order valence-corrected chi connectivity index (χ1v) is 9.28. The van der Waals surface area contributed by atoms with Gasteiger partial charge in [0.15, 0.2) is 11.5 Å². The number of methoxy groups -OCH3 is 1. The van der Waals surface area contributed by atoms with Crippen molar-refractivity contribution < 1.29 is 23.0 Å². The number of halogens is 2. The van der Waals surface area contributed by atoms with Gasteiger partial charge >= 0.3 is 6.61 Å². The van der Waals surface area contributed by atoms with Crippen LogP contribution in [0.3, 0.4) is 0 Å². The monoisotopic (exact) mass is 390 g/mol. The Morgan fingerprint density at radius 2 is 1.82 bits per heavy atom. The molecular weight excluding hydrogens is 366 g/mol. The smallest absolute Gasteiger partial charge is 0.387 e. The summed E-state index contributed by atoms with van der Waals surface area (Å²) in [6.07, 6.45) is 2.31. The van der Waals surface area contributed by atoms with E-state index in [0.29, 0.717) is 12.1 Å². The number of rotatable bonds is 8. The fourth-order valence-corrected chi connectivity index (χ4v) is 3.48. The predicted octanol–water partition coefficient (Wildman–Crippen LogP) is 3.86. The second-order valence-electron chi connectivity index (χ2n) is 6.62. The first-order valence-electron chi connectivity index (χ1n) is 9.28. The van der Waals surface area contributed by atoms with E-state index in [4.69, 9.17) is 4.74 Å². The van der Waals surface area contributed by atoms with Gasteiger partial charge in [-0.15, -0.1) is 0 Å². The fraction of sp³-hybridized carbons (Fsp3) is 0.381. The third kappa shape index (κ3) is 4.98. The van der Waals surface area contributed by atoms with Crippen molar-refractivity contribution in [2.24, 2.45) is 0 Å². The van der Waals surface area contributed by atoms with Crippen molar-refractivity contribution in [1.82, 2.24) is 10.2 Å². The van der Waals surface area contributed by atoms with E-state index in [2.05, 4.69) is 27.1 Å². The Kier molecular flexibility index (Phi) is 6.81. The zero-order chi connectivity index (χ0) is 19.9. The lowest BCUT2D eigenvalue weighted by Gasteiger charge is -2.28. The summed E-state index contributed by atoms with van der Waals surface area (Å²) in [5.41, 5.74) is 1.48. The lowest BCUT2D eigenvalue weighted by molar-refractivity contribution is -0.0512. The minimum Gasteiger partial charge on any atom is -0.493 e. The van der Waals surface area contributed by atoms with E-state index in [1.165, 1.54) is 25.3 Å². The number of carbonyl (C=O) groups is 1. The summed E-state index contributed by atoms with van der Waals surface area (Å²) in [6, 6.07) is 14.3. The highest BCUT2D eigenvalue weighted by molar-refractivity contribution is 5.94. The highest BCUT2D eigenvalue weighted by atomic mass is 19.3. The summed E-state index contributed by atoms with van der Waals surface area (Å²) in [5.74, 6) is -0.303. The van der Waals surface area contributed by atoms with Crippen LogP contribution in [-0.2, 0) is 0 Å². The molecule has 0 spiro atoms. The van der Waals surface area contributed by atoms with E-state index in [0.717, 1.165) is 31.5 Å². The Balaban J connectivity index is 1.70. The van der Waals surface area contributed by atoms with Gasteiger partial charge in [-0.1, -0.05) is 30.3 Å². The average Bonchev–Trinajstić information content (AvgIpc) is 3.23. The lowest BCUT2D eigenvalue weighted by atomic mass is 10.1. The summed E-state index contributed by atoms with van der Waals surface area (Å²) < 4.78 is 34.4. The maximum Gasteiger partial charge on any atom is 0.387 e. The summed E-state index contributed by atoms with van der Waals surface area (Å²) in [7, 11) is 1.34. The third-order valence-electron chi connectivity index (χ3n) is 4.86. The Morgan fingerprint density at radius 3 is 2.46 bits per heavy atom. The molecule has 2 aromatic rings. The standard InChI is InChI=1S/C21H24F2N2O3/c1-27-19-13-16(9-10-18(19)28-21(22)23)20(26)24-14-17(25-11-5-6-12-25)15-7-3-2-4-8-15/h2-4,7-10,13,17,21H,5-6,11-12,14H2,1H3,(H,24,26). The van der Waals surface area contributed by atoms with E-state index in [1.54, 1.807) is 0 Å². The molecule has 150 valence electrons. The van der Waals surface area contributed by atoms with E-state index in [-0.39, 0.29) is 23.4 Å². The van der Waals surface area contributed by atoms with Crippen LogP contribution >= 0.6 is 0 Å². The highest BCUT2D eigenvalue weighted by Crippen LogP contribution is 2.30. The molecule has 1 heterocycles. The molecule has 1 aliphatic heterocycles. The number of hydrogen-bond acceptors (Lipinski definition) is 4. The fourth-order valence-electron chi connectivity index (χ4n) is 3.48. The van der Waals surface area contributed by atoms with Crippen molar-refractivity contribution in [3.8, 4) is 11.5 Å². The molecule has 1 unspecified atom stereocenters. The molecule has 0 aromatic heterocycles. The summed E-state index contributed by atoms with van der Waals surface area (Å²) in [6.45, 7) is -0.493. The summed E-state index contributed by atoms with van der Waals surface area (Å²) in [5, 5.41) is 2.96. The molecule has 7 heteroatoms. The normalized spacial score (nSPS) is 15.4. The van der Waals surface area contributed by atoms with Crippen LogP contribution in [0.25, 0.3) is 0 Å². The summed E-state index contributed by atoms with van der Waals surface area (Å²) >= 11 is 0. The average molecular weight is 390 g/mol. The van der Waals surface area contributed by atoms with Crippen LogP contribution in [-0.4, -0.2) is 44.2 Å². The van der Waals surface area contributed by atoms with Gasteiger partial charge in [-0.3, -0.25) is 9.69 Å². The largest absolute Gasteiger partial charge is 0.493 e. The van der Waals surface area contributed by atoms with Gasteiger partial charge in [0.2, 0.25) is 0 Å². The van der Waals surface area contributed by atoms with Crippen molar-refractivity contribution in [2.75, 3.05) is 26.7 Å². The molecule has 0 bridgehead atoms. The van der Waals surface area contributed by atoms with E-state index < -0.39 is 6.61 Å². The number of carbonyl (C=O) groups excluding carboxylic acids is 1. The lowest BCUT2D eigenvalue weighted by Crippen LogP contribution is -2.36. The van der Waals surface area contributed by atoms with Crippen LogP contribution in [0.15, 0.2) is 48.5 Å². The number of nitrogens with one attached hydrogen (secondary N) is 1. The molecule has 1 fully saturated rings. The van der Waals surface area contributed by atoms with Crippen LogP contribution in [0.1, 0.15) is 34.8 Å². The van der Waals surface area contributed by atoms with Gasteiger partial charge in [-0.2, -0.15) is 8.78 Å². The van der Waals surface area contributed by atoms with Crippen LogP contribution in [0.2, 0.25) is 0 Å². The van der Waals surface area contributed by atoms with E-state index in [9.17, 15) is 13.6 Å². The molecule has 1 N–H and O–H groups in total. The van der Waals surface area contributed by atoms with Crippen LogP contribution < -0.4 is 14.8 Å². The van der Waals surface area contributed by atoms with E-state index in [1.807, 2.05) is 18.2 Å². The molecular formula is C21H24F2N2O3. The Hall–Kier alpha value is -2.67. The van der Waals surface area contributed by atoms with Gasteiger partial charge in [0.1, 0.15) is 0 Å². The first-order chi connectivity index (χ1) is 13.6. The van der Waals surface area contributed by atoms with Crippen molar-refractivity contribution in [2.45, 2.75) is 25.5 Å². The molecule has 1 amide bonds. The molecule has 0 radical (unpaired) electrons. The number of amides is 1. The van der Waals surface area contributed by atoms with Crippen molar-refractivity contribution >= 4 is 5.91 Å². The second-order valence-corrected chi connectivity index (χ2v) is 6.62. The first kappa shape index (κ1) is 20.1. The zero-order valence-electron chi connectivity index (χ0n) is 15.7. The molecule has 1 atom stereocenters. The zero-order valence-corrected chi connectivity index (χ0v) is 15.7. The van der Waals surface area contributed by atoms with Gasteiger partial charge in [0.05, 0.1) is 13.2 Å². The Morgan fingerprint density at radius 1 is 1.11 bits per heavy atom. The molecule has 0 aliphatic carbocycles. The van der Waals surface area contributed by atoms with Gasteiger partial charge < -0.3 is 14.8 Å². The number of nitrogens with zero attached hydrogens (tertiary/aromatic N) is 1. The van der Waals surface area contributed by atoms with Gasteiger partial charge in [-0.25, -0.2) is 0 Å². The van der Waals surface area contributed by atoms with Gasteiger partial charge in [-0.05, 0) is 49.7 Å². The van der Waals surface area contributed by atoms with Crippen LogP contribution in [0, 0.1) is 0 Å². The number of ether oxygens (including phenoxy) is 2.